The van der Waals surface area contributed by atoms with Gasteiger partial charge in [0.25, 0.3) is 0 Å². The van der Waals surface area contributed by atoms with Crippen LogP contribution in [0.2, 0.25) is 0 Å². The van der Waals surface area contributed by atoms with Crippen LogP contribution in [-0.2, 0) is 14.6 Å². The van der Waals surface area contributed by atoms with E-state index in [1.54, 1.807) is 0 Å². The fourth-order valence-electron chi connectivity index (χ4n) is 2.40. The minimum atomic E-state index is -3.26. The number of sulfone groups is 1. The van der Waals surface area contributed by atoms with E-state index >= 15 is 0 Å². The summed E-state index contributed by atoms with van der Waals surface area (Å²) < 4.78 is 23.3. The van der Waals surface area contributed by atoms with Crippen molar-refractivity contribution in [1.29, 1.82) is 0 Å². The van der Waals surface area contributed by atoms with E-state index in [1.165, 1.54) is 12.8 Å². The summed E-state index contributed by atoms with van der Waals surface area (Å²) in [5.74, 6) is -0.0157. The summed E-state index contributed by atoms with van der Waals surface area (Å²) in [6, 6.07) is 0. The van der Waals surface area contributed by atoms with Crippen LogP contribution in [0.3, 0.4) is 0 Å². The molecule has 20 heavy (non-hydrogen) atoms. The van der Waals surface area contributed by atoms with E-state index in [4.69, 9.17) is 0 Å². The van der Waals surface area contributed by atoms with Gasteiger partial charge in [0.05, 0.1) is 5.75 Å². The lowest BCUT2D eigenvalue weighted by atomic mass is 9.96. The summed E-state index contributed by atoms with van der Waals surface area (Å²) in [6.07, 6.45) is 3.29. The molecule has 0 bridgehead atoms. The summed E-state index contributed by atoms with van der Waals surface area (Å²) in [4.78, 5) is 11.6. The van der Waals surface area contributed by atoms with E-state index in [2.05, 4.69) is 10.6 Å². The maximum Gasteiger partial charge on any atom is 0.235 e. The monoisotopic (exact) mass is 326 g/mol. The Hall–Kier alpha value is -0.330. The Bertz CT molecular complexity index is 379. The van der Waals surface area contributed by atoms with E-state index < -0.39 is 9.84 Å². The number of halogens is 1. The summed E-state index contributed by atoms with van der Waals surface area (Å²) in [7, 11) is -3.26. The molecule has 1 aliphatic rings. The molecule has 120 valence electrons. The van der Waals surface area contributed by atoms with Crippen LogP contribution in [-0.4, -0.2) is 45.5 Å². The topological polar surface area (TPSA) is 75.3 Å². The fraction of sp³-hybridized carbons (Fsp3) is 0.923. The standard InChI is InChI=1S/C13H26N2O3S.ClH/c1-11(2)9-19(17,18)10-13(16)15-7-5-12-4-3-6-14-8-12;/h11-12,14H,3-10H2,1-2H3,(H,15,16);1H. The maximum absolute atomic E-state index is 11.6. The van der Waals surface area contributed by atoms with Crippen molar-refractivity contribution < 1.29 is 13.2 Å². The van der Waals surface area contributed by atoms with Crippen molar-refractivity contribution >= 4 is 28.2 Å². The Labute approximate surface area is 128 Å². The SMILES string of the molecule is CC(C)CS(=O)(=O)CC(=O)NCCC1CCCNC1.Cl. The molecule has 1 atom stereocenters. The van der Waals surface area contributed by atoms with Crippen molar-refractivity contribution in [2.45, 2.75) is 33.1 Å². The van der Waals surface area contributed by atoms with Gasteiger partial charge >= 0.3 is 0 Å². The second-order valence-corrected chi connectivity index (χ2v) is 7.91. The second kappa shape index (κ2) is 9.58. The van der Waals surface area contributed by atoms with E-state index in [-0.39, 0.29) is 35.7 Å². The van der Waals surface area contributed by atoms with Crippen LogP contribution in [0.15, 0.2) is 0 Å². The highest BCUT2D eigenvalue weighted by Gasteiger charge is 2.18. The molecule has 0 aliphatic carbocycles. The number of carbonyl (C=O) groups excluding carboxylic acids is 1. The van der Waals surface area contributed by atoms with Gasteiger partial charge in [0.1, 0.15) is 5.75 Å². The molecule has 1 aliphatic heterocycles. The Morgan fingerprint density at radius 2 is 2.10 bits per heavy atom. The van der Waals surface area contributed by atoms with Gasteiger partial charge < -0.3 is 10.6 Å². The Balaban J connectivity index is 0.00000361. The van der Waals surface area contributed by atoms with Crippen LogP contribution in [0, 0.1) is 11.8 Å². The predicted octanol–water partition coefficient (Wildman–Crippen LogP) is 0.985. The molecule has 0 radical (unpaired) electrons. The van der Waals surface area contributed by atoms with Gasteiger partial charge in [0.2, 0.25) is 5.91 Å². The van der Waals surface area contributed by atoms with Crippen LogP contribution in [0.4, 0.5) is 0 Å². The van der Waals surface area contributed by atoms with Gasteiger partial charge in [0, 0.05) is 6.54 Å². The van der Waals surface area contributed by atoms with Gasteiger partial charge in [-0.2, -0.15) is 0 Å². The Morgan fingerprint density at radius 1 is 1.40 bits per heavy atom. The molecule has 0 spiro atoms. The van der Waals surface area contributed by atoms with E-state index in [0.717, 1.165) is 19.5 Å². The van der Waals surface area contributed by atoms with Crippen LogP contribution in [0.25, 0.3) is 0 Å². The third kappa shape index (κ3) is 8.76. The molecule has 0 aromatic heterocycles. The van der Waals surface area contributed by atoms with Crippen molar-refractivity contribution in [3.05, 3.63) is 0 Å². The molecule has 1 fully saturated rings. The van der Waals surface area contributed by atoms with Crippen molar-refractivity contribution in [2.24, 2.45) is 11.8 Å². The predicted molar refractivity (Wildman–Crippen MR) is 84.0 cm³/mol. The molecular weight excluding hydrogens is 300 g/mol. The van der Waals surface area contributed by atoms with E-state index in [1.807, 2.05) is 13.8 Å². The van der Waals surface area contributed by atoms with Gasteiger partial charge in [-0.25, -0.2) is 8.42 Å². The summed E-state index contributed by atoms with van der Waals surface area (Å²) in [5, 5.41) is 6.04. The molecular formula is C13H27ClN2O3S. The summed E-state index contributed by atoms with van der Waals surface area (Å²) >= 11 is 0. The largest absolute Gasteiger partial charge is 0.355 e. The van der Waals surface area contributed by atoms with E-state index in [9.17, 15) is 13.2 Å². The Morgan fingerprint density at radius 3 is 2.65 bits per heavy atom. The van der Waals surface area contributed by atoms with Crippen LogP contribution in [0.1, 0.15) is 33.1 Å². The number of amides is 1. The quantitative estimate of drug-likeness (QED) is 0.731. The molecule has 7 heteroatoms. The molecule has 1 rings (SSSR count). The zero-order valence-corrected chi connectivity index (χ0v) is 14.0. The minimum Gasteiger partial charge on any atom is -0.355 e. The fourth-order valence-corrected chi connectivity index (χ4v) is 4.04. The van der Waals surface area contributed by atoms with Crippen LogP contribution < -0.4 is 10.6 Å². The maximum atomic E-state index is 11.6. The number of piperidine rings is 1. The molecule has 2 N–H and O–H groups in total. The van der Waals surface area contributed by atoms with Gasteiger partial charge in [-0.1, -0.05) is 13.8 Å². The smallest absolute Gasteiger partial charge is 0.235 e. The minimum absolute atomic E-state index is 0. The average Bonchev–Trinajstić information content (AvgIpc) is 2.27. The first-order chi connectivity index (χ1) is 8.89. The molecule has 0 aromatic rings. The molecule has 1 saturated heterocycles. The van der Waals surface area contributed by atoms with Crippen molar-refractivity contribution in [3.63, 3.8) is 0 Å². The summed E-state index contributed by atoms with van der Waals surface area (Å²) in [5.41, 5.74) is 0. The highest BCUT2D eigenvalue weighted by atomic mass is 35.5. The molecule has 0 saturated carbocycles. The Kier molecular flexibility index (Phi) is 9.42. The van der Waals surface area contributed by atoms with Gasteiger partial charge in [-0.15, -0.1) is 12.4 Å². The first-order valence-corrected chi connectivity index (χ1v) is 8.89. The van der Waals surface area contributed by atoms with Crippen molar-refractivity contribution in [2.75, 3.05) is 31.1 Å². The van der Waals surface area contributed by atoms with Crippen molar-refractivity contribution in [3.8, 4) is 0 Å². The van der Waals surface area contributed by atoms with Gasteiger partial charge in [0.15, 0.2) is 9.84 Å². The van der Waals surface area contributed by atoms with Crippen LogP contribution >= 0.6 is 12.4 Å². The zero-order chi connectivity index (χ0) is 14.3. The summed E-state index contributed by atoms with van der Waals surface area (Å²) in [6.45, 7) is 6.33. The number of hydrogen-bond acceptors (Lipinski definition) is 4. The second-order valence-electron chi connectivity index (χ2n) is 5.80. The van der Waals surface area contributed by atoms with Gasteiger partial charge in [-0.3, -0.25) is 4.79 Å². The third-order valence-electron chi connectivity index (χ3n) is 3.21. The molecule has 1 amide bonds. The number of nitrogens with one attached hydrogen (secondary N) is 2. The van der Waals surface area contributed by atoms with Crippen LogP contribution in [0.5, 0.6) is 0 Å². The molecule has 0 aromatic carbocycles. The molecule has 1 unspecified atom stereocenters. The highest BCUT2D eigenvalue weighted by Crippen LogP contribution is 2.12. The number of carbonyl (C=O) groups is 1. The highest BCUT2D eigenvalue weighted by molar-refractivity contribution is 7.92. The lowest BCUT2D eigenvalue weighted by Gasteiger charge is -2.22. The van der Waals surface area contributed by atoms with Gasteiger partial charge in [-0.05, 0) is 44.2 Å². The number of hydrogen-bond donors (Lipinski definition) is 2. The molecule has 1 heterocycles. The first-order valence-electron chi connectivity index (χ1n) is 7.07. The average molecular weight is 327 g/mol. The first kappa shape index (κ1) is 19.7. The lowest BCUT2D eigenvalue weighted by Crippen LogP contribution is -2.35. The lowest BCUT2D eigenvalue weighted by molar-refractivity contribution is -0.118. The van der Waals surface area contributed by atoms with Crippen molar-refractivity contribution in [1.82, 2.24) is 10.6 Å². The number of rotatable bonds is 7. The third-order valence-corrected chi connectivity index (χ3v) is 5.09. The zero-order valence-electron chi connectivity index (χ0n) is 12.4. The molecule has 5 nitrogen and oxygen atoms in total. The normalized spacial score (nSPS) is 19.4. The van der Waals surface area contributed by atoms with E-state index in [0.29, 0.717) is 12.5 Å².